The summed E-state index contributed by atoms with van der Waals surface area (Å²) in [7, 11) is 0. The van der Waals surface area contributed by atoms with Crippen LogP contribution in [-0.2, 0) is 13.0 Å². The Kier molecular flexibility index (Phi) is 7.93. The summed E-state index contributed by atoms with van der Waals surface area (Å²) in [6.45, 7) is 7.00. The molecule has 0 spiro atoms. The van der Waals surface area contributed by atoms with E-state index in [1.54, 1.807) is 0 Å². The molecule has 0 radical (unpaired) electrons. The van der Waals surface area contributed by atoms with Gasteiger partial charge in [-0.05, 0) is 66.5 Å². The third-order valence-electron chi connectivity index (χ3n) is 5.06. The van der Waals surface area contributed by atoms with Gasteiger partial charge in [-0.3, -0.25) is 0 Å². The van der Waals surface area contributed by atoms with Crippen LogP contribution in [0.15, 0.2) is 42.6 Å². The van der Waals surface area contributed by atoms with E-state index in [0.717, 1.165) is 35.3 Å². The van der Waals surface area contributed by atoms with Crippen LogP contribution in [0, 0.1) is 11.8 Å². The van der Waals surface area contributed by atoms with Gasteiger partial charge in [0.15, 0.2) is 0 Å². The number of anilines is 2. The van der Waals surface area contributed by atoms with Crippen molar-refractivity contribution >= 4 is 11.5 Å². The quantitative estimate of drug-likeness (QED) is 0.582. The molecule has 1 aromatic carbocycles. The summed E-state index contributed by atoms with van der Waals surface area (Å²) >= 11 is 0. The maximum absolute atomic E-state index is 9.25. The molecule has 0 aliphatic carbocycles. The van der Waals surface area contributed by atoms with E-state index >= 15 is 0 Å². The molecule has 3 nitrogen and oxygen atoms in total. The predicted molar refractivity (Wildman–Crippen MR) is 106 cm³/mol. The Bertz CT molecular complexity index is 641. The predicted octanol–water partition coefficient (Wildman–Crippen LogP) is 5.71. The van der Waals surface area contributed by atoms with Gasteiger partial charge in [-0.25, -0.2) is 4.98 Å². The van der Waals surface area contributed by atoms with Crippen molar-refractivity contribution in [2.45, 2.75) is 59.5 Å². The summed E-state index contributed by atoms with van der Waals surface area (Å²) in [6.07, 6.45) is 8.08. The number of aromatic nitrogens is 1. The van der Waals surface area contributed by atoms with Gasteiger partial charge in [0.1, 0.15) is 5.82 Å². The Balaban J connectivity index is 1.96. The molecule has 0 saturated heterocycles. The van der Waals surface area contributed by atoms with E-state index in [1.807, 2.05) is 30.5 Å². The second-order valence-electron chi connectivity index (χ2n) is 7.09. The first-order valence-electron chi connectivity index (χ1n) is 9.56. The van der Waals surface area contributed by atoms with Crippen LogP contribution in [0.1, 0.15) is 57.6 Å². The highest BCUT2D eigenvalue weighted by atomic mass is 16.3. The zero-order chi connectivity index (χ0) is 18.1. The van der Waals surface area contributed by atoms with Crippen LogP contribution < -0.4 is 5.32 Å². The Labute approximate surface area is 152 Å². The average Bonchev–Trinajstić information content (AvgIpc) is 2.65. The number of nitrogens with one attached hydrogen (secondary N) is 1. The minimum absolute atomic E-state index is 0.0532. The Morgan fingerprint density at radius 3 is 2.64 bits per heavy atom. The van der Waals surface area contributed by atoms with Gasteiger partial charge in [-0.15, -0.1) is 0 Å². The minimum Gasteiger partial charge on any atom is -0.392 e. The smallest absolute Gasteiger partial charge is 0.130 e. The molecular formula is C22H32N2O. The monoisotopic (exact) mass is 340 g/mol. The first-order valence-corrected chi connectivity index (χ1v) is 9.56. The number of hydrogen-bond donors (Lipinski definition) is 2. The minimum atomic E-state index is 0.0532. The van der Waals surface area contributed by atoms with Crippen molar-refractivity contribution in [1.82, 2.24) is 4.98 Å². The second kappa shape index (κ2) is 10.2. The van der Waals surface area contributed by atoms with Crippen molar-refractivity contribution < 1.29 is 5.11 Å². The van der Waals surface area contributed by atoms with E-state index in [2.05, 4.69) is 43.2 Å². The van der Waals surface area contributed by atoms with Crippen LogP contribution in [0.25, 0.3) is 0 Å². The van der Waals surface area contributed by atoms with E-state index in [0.29, 0.717) is 0 Å². The highest BCUT2D eigenvalue weighted by Crippen LogP contribution is 2.24. The van der Waals surface area contributed by atoms with Crippen molar-refractivity contribution in [2.24, 2.45) is 11.8 Å². The Hall–Kier alpha value is -1.87. The molecule has 0 saturated carbocycles. The summed E-state index contributed by atoms with van der Waals surface area (Å²) in [5, 5.41) is 12.6. The zero-order valence-corrected chi connectivity index (χ0v) is 15.8. The van der Waals surface area contributed by atoms with E-state index < -0.39 is 0 Å². The lowest BCUT2D eigenvalue weighted by Crippen LogP contribution is -2.07. The molecule has 3 heteroatoms. The Morgan fingerprint density at radius 2 is 1.92 bits per heavy atom. The Morgan fingerprint density at radius 1 is 1.08 bits per heavy atom. The number of nitrogens with zero attached hydrogens (tertiary/aromatic N) is 1. The summed E-state index contributed by atoms with van der Waals surface area (Å²) in [5.74, 6) is 2.49. The molecular weight excluding hydrogens is 308 g/mol. The van der Waals surface area contributed by atoms with E-state index in [9.17, 15) is 5.11 Å². The first kappa shape index (κ1) is 19.5. The maximum atomic E-state index is 9.25. The summed E-state index contributed by atoms with van der Waals surface area (Å²) in [6, 6.07) is 12.1. The summed E-state index contributed by atoms with van der Waals surface area (Å²) < 4.78 is 0. The molecule has 2 N–H and O–H groups in total. The molecule has 1 aromatic heterocycles. The molecule has 25 heavy (non-hydrogen) atoms. The van der Waals surface area contributed by atoms with Gasteiger partial charge in [0.25, 0.3) is 0 Å². The summed E-state index contributed by atoms with van der Waals surface area (Å²) in [5.41, 5.74) is 3.19. The molecule has 0 amide bonds. The second-order valence-corrected chi connectivity index (χ2v) is 7.09. The number of aryl methyl sites for hydroxylation is 1. The maximum Gasteiger partial charge on any atom is 0.130 e. The third-order valence-corrected chi connectivity index (χ3v) is 5.06. The van der Waals surface area contributed by atoms with Crippen LogP contribution in [0.2, 0.25) is 0 Å². The largest absolute Gasteiger partial charge is 0.392 e. The average molecular weight is 341 g/mol. The molecule has 0 fully saturated rings. The first-order chi connectivity index (χ1) is 12.1. The van der Waals surface area contributed by atoms with Crippen molar-refractivity contribution in [1.29, 1.82) is 0 Å². The lowest BCUT2D eigenvalue weighted by molar-refractivity contribution is 0.282. The number of aliphatic hydroxyl groups is 1. The molecule has 2 unspecified atom stereocenters. The highest BCUT2D eigenvalue weighted by Gasteiger charge is 2.11. The lowest BCUT2D eigenvalue weighted by atomic mass is 9.88. The number of pyridine rings is 1. The fourth-order valence-corrected chi connectivity index (χ4v) is 3.19. The number of benzene rings is 1. The lowest BCUT2D eigenvalue weighted by Gasteiger charge is -2.18. The van der Waals surface area contributed by atoms with Gasteiger partial charge in [0, 0.05) is 11.9 Å². The fraction of sp³-hybridized carbons (Fsp3) is 0.500. The molecule has 2 atom stereocenters. The molecule has 0 aliphatic rings. The standard InChI is InChI=1S/C22H32N2O/c1-4-17(3)13-18(5-2)9-10-19-11-12-23-22(15-19)24-21-8-6-7-20(14-21)16-25/h6-8,11-12,14-15,17-18,25H,4-5,9-10,13,16H2,1-3H3,(H,23,24). The molecule has 0 bridgehead atoms. The summed E-state index contributed by atoms with van der Waals surface area (Å²) in [4.78, 5) is 4.43. The number of rotatable bonds is 10. The van der Waals surface area contributed by atoms with Crippen molar-refractivity contribution in [3.63, 3.8) is 0 Å². The van der Waals surface area contributed by atoms with Gasteiger partial charge in [0.05, 0.1) is 6.61 Å². The van der Waals surface area contributed by atoms with Crippen LogP contribution in [0.3, 0.4) is 0 Å². The fourth-order valence-electron chi connectivity index (χ4n) is 3.19. The van der Waals surface area contributed by atoms with Gasteiger partial charge in [-0.2, -0.15) is 0 Å². The number of hydrogen-bond acceptors (Lipinski definition) is 3. The number of aliphatic hydroxyl groups excluding tert-OH is 1. The topological polar surface area (TPSA) is 45.2 Å². The van der Waals surface area contributed by atoms with Crippen molar-refractivity contribution in [3.05, 3.63) is 53.7 Å². The van der Waals surface area contributed by atoms with Gasteiger partial charge < -0.3 is 10.4 Å². The zero-order valence-electron chi connectivity index (χ0n) is 15.8. The molecule has 2 aromatic rings. The van der Waals surface area contributed by atoms with E-state index in [4.69, 9.17) is 0 Å². The normalized spacial score (nSPS) is 13.4. The van der Waals surface area contributed by atoms with Crippen molar-refractivity contribution in [3.8, 4) is 0 Å². The highest BCUT2D eigenvalue weighted by molar-refractivity contribution is 5.57. The SMILES string of the molecule is CCC(C)CC(CC)CCc1ccnc(Nc2cccc(CO)c2)c1. The molecule has 2 rings (SSSR count). The van der Waals surface area contributed by atoms with Crippen LogP contribution >= 0.6 is 0 Å². The van der Waals surface area contributed by atoms with Crippen LogP contribution in [0.4, 0.5) is 11.5 Å². The molecule has 136 valence electrons. The van der Waals surface area contributed by atoms with Gasteiger partial charge in [0.2, 0.25) is 0 Å². The third kappa shape index (κ3) is 6.50. The van der Waals surface area contributed by atoms with Crippen LogP contribution in [0.5, 0.6) is 0 Å². The van der Waals surface area contributed by atoms with Gasteiger partial charge in [-0.1, -0.05) is 45.7 Å². The van der Waals surface area contributed by atoms with Crippen LogP contribution in [-0.4, -0.2) is 10.1 Å². The molecule has 1 heterocycles. The van der Waals surface area contributed by atoms with Crippen molar-refractivity contribution in [2.75, 3.05) is 5.32 Å². The van der Waals surface area contributed by atoms with E-state index in [-0.39, 0.29) is 6.61 Å². The molecule has 0 aliphatic heterocycles. The van der Waals surface area contributed by atoms with E-state index in [1.165, 1.54) is 31.2 Å². The van der Waals surface area contributed by atoms with Gasteiger partial charge >= 0.3 is 0 Å².